The molecule has 0 aliphatic carbocycles. The minimum Gasteiger partial charge on any atom is -0.255 e. The van der Waals surface area contributed by atoms with Crippen LogP contribution in [-0.2, 0) is 0 Å². The second-order valence-electron chi connectivity index (χ2n) is 11.4. The van der Waals surface area contributed by atoms with Crippen molar-refractivity contribution in [3.8, 4) is 56.7 Å². The Bertz CT molecular complexity index is 2590. The number of hydrogen-bond acceptors (Lipinski definition) is 7. The van der Waals surface area contributed by atoms with Crippen molar-refractivity contribution in [3.63, 3.8) is 0 Å². The molecule has 7 heteroatoms. The summed E-state index contributed by atoms with van der Waals surface area (Å²) in [7, 11) is 0. The maximum Gasteiger partial charge on any atom is 0.179 e. The van der Waals surface area contributed by atoms with E-state index in [0.717, 1.165) is 77.9 Å². The number of para-hydroxylation sites is 1. The topological polar surface area (TPSA) is 90.2 Å². The normalized spacial score (nSPS) is 11.3. The summed E-state index contributed by atoms with van der Waals surface area (Å²) in [6.07, 6.45) is 5.33. The molecule has 7 nitrogen and oxygen atoms in total. The van der Waals surface area contributed by atoms with Crippen molar-refractivity contribution in [2.24, 2.45) is 0 Å². The Kier molecular flexibility index (Phi) is 6.64. The van der Waals surface area contributed by atoms with Crippen molar-refractivity contribution in [3.05, 3.63) is 152 Å². The van der Waals surface area contributed by atoms with Crippen LogP contribution in [0.1, 0.15) is 0 Å². The summed E-state index contributed by atoms with van der Waals surface area (Å²) in [6.45, 7) is 0. The molecule has 0 aliphatic heterocycles. The van der Waals surface area contributed by atoms with Crippen LogP contribution < -0.4 is 0 Å². The van der Waals surface area contributed by atoms with E-state index in [2.05, 4.69) is 81.7 Å². The van der Waals surface area contributed by atoms with Crippen LogP contribution in [0.4, 0.5) is 0 Å². The number of rotatable bonds is 5. The highest BCUT2D eigenvalue weighted by molar-refractivity contribution is 6.04. The first-order valence-electron chi connectivity index (χ1n) is 15.6. The van der Waals surface area contributed by atoms with Crippen LogP contribution in [0.3, 0.4) is 0 Å². The summed E-state index contributed by atoms with van der Waals surface area (Å²) in [5.74, 6) is 0.556. The molecule has 0 atom stereocenters. The van der Waals surface area contributed by atoms with Gasteiger partial charge in [-0.05, 0) is 54.1 Å². The zero-order valence-electron chi connectivity index (χ0n) is 25.6. The smallest absolute Gasteiger partial charge is 0.179 e. The molecule has 0 amide bonds. The first-order chi connectivity index (χ1) is 23.8. The van der Waals surface area contributed by atoms with E-state index in [9.17, 15) is 0 Å². The lowest BCUT2D eigenvalue weighted by Crippen LogP contribution is -1.98. The Labute approximate surface area is 275 Å². The quantitative estimate of drug-likeness (QED) is 0.178. The van der Waals surface area contributed by atoms with E-state index in [0.29, 0.717) is 11.5 Å². The molecular weight excluding hydrogens is 591 g/mol. The van der Waals surface area contributed by atoms with Gasteiger partial charge in [0.05, 0.1) is 39.3 Å². The van der Waals surface area contributed by atoms with E-state index in [1.807, 2.05) is 66.7 Å². The minimum atomic E-state index is 0.556. The van der Waals surface area contributed by atoms with E-state index in [-0.39, 0.29) is 0 Å². The van der Waals surface area contributed by atoms with Crippen LogP contribution >= 0.6 is 0 Å². The van der Waals surface area contributed by atoms with Crippen molar-refractivity contribution in [2.45, 2.75) is 0 Å². The zero-order valence-corrected chi connectivity index (χ0v) is 25.6. The average molecular weight is 616 g/mol. The Hall–Kier alpha value is -6.73. The predicted octanol–water partition coefficient (Wildman–Crippen LogP) is 9.25. The SMILES string of the molecule is c1ccc(-c2ccc3ccc4ccc(-c5ccc(-c6cccc7c(-c8ccccn8)nc(-c8ccccn8)nc67)cc5)nc4c3n2)nc1. The van der Waals surface area contributed by atoms with E-state index >= 15 is 0 Å². The molecule has 48 heavy (non-hydrogen) atoms. The number of hydrogen-bond donors (Lipinski definition) is 0. The Balaban J connectivity index is 1.15. The molecule has 3 aromatic carbocycles. The van der Waals surface area contributed by atoms with E-state index in [1.54, 1.807) is 18.6 Å². The van der Waals surface area contributed by atoms with E-state index in [1.165, 1.54) is 0 Å². The summed E-state index contributed by atoms with van der Waals surface area (Å²) in [6, 6.07) is 44.6. The van der Waals surface area contributed by atoms with Gasteiger partial charge in [-0.1, -0.05) is 84.9 Å². The summed E-state index contributed by atoms with van der Waals surface area (Å²) in [5, 5.41) is 3.00. The highest BCUT2D eigenvalue weighted by Crippen LogP contribution is 2.35. The highest BCUT2D eigenvalue weighted by Gasteiger charge is 2.16. The third-order valence-corrected chi connectivity index (χ3v) is 8.47. The van der Waals surface area contributed by atoms with Gasteiger partial charge in [0.25, 0.3) is 0 Å². The number of benzene rings is 3. The van der Waals surface area contributed by atoms with Gasteiger partial charge in [0.2, 0.25) is 0 Å². The fourth-order valence-corrected chi connectivity index (χ4v) is 6.10. The standard InChI is InChI=1S/C41H25N7/c1-4-23-42-33(10-1)34-22-20-29-18-17-28-19-21-32(45-37(28)38(29)46-34)27-15-13-26(14-16-27)30-8-7-9-31-39(30)47-41(36-12-3-6-25-44-36)48-40(31)35-11-2-5-24-43-35/h1-25H. The van der Waals surface area contributed by atoms with Crippen LogP contribution in [0.5, 0.6) is 0 Å². The fourth-order valence-electron chi connectivity index (χ4n) is 6.10. The van der Waals surface area contributed by atoms with Crippen molar-refractivity contribution >= 4 is 32.7 Å². The number of aromatic nitrogens is 7. The first kappa shape index (κ1) is 27.6. The van der Waals surface area contributed by atoms with Crippen LogP contribution in [0, 0.1) is 0 Å². The molecule has 6 aromatic heterocycles. The molecule has 9 rings (SSSR count). The molecule has 0 aliphatic rings. The van der Waals surface area contributed by atoms with Crippen molar-refractivity contribution in [1.29, 1.82) is 0 Å². The second kappa shape index (κ2) is 11.6. The molecule has 9 aromatic rings. The third-order valence-electron chi connectivity index (χ3n) is 8.47. The van der Waals surface area contributed by atoms with Crippen LogP contribution in [0.15, 0.2) is 152 Å². The summed E-state index contributed by atoms with van der Waals surface area (Å²) in [5.41, 5.74) is 10.4. The zero-order chi connectivity index (χ0) is 31.9. The van der Waals surface area contributed by atoms with Gasteiger partial charge in [-0.25, -0.2) is 19.9 Å². The number of nitrogens with zero attached hydrogens (tertiary/aromatic N) is 7. The van der Waals surface area contributed by atoms with E-state index < -0.39 is 0 Å². The van der Waals surface area contributed by atoms with Crippen LogP contribution in [0.2, 0.25) is 0 Å². The van der Waals surface area contributed by atoms with Crippen molar-refractivity contribution in [1.82, 2.24) is 34.9 Å². The molecule has 0 N–H and O–H groups in total. The summed E-state index contributed by atoms with van der Waals surface area (Å²) >= 11 is 0. The minimum absolute atomic E-state index is 0.556. The maximum absolute atomic E-state index is 5.13. The van der Waals surface area contributed by atoms with Crippen molar-refractivity contribution < 1.29 is 0 Å². The Morgan fingerprint density at radius 1 is 0.333 bits per heavy atom. The van der Waals surface area contributed by atoms with Gasteiger partial charge in [-0.15, -0.1) is 0 Å². The molecule has 6 heterocycles. The highest BCUT2D eigenvalue weighted by atomic mass is 14.9. The molecule has 0 fully saturated rings. The van der Waals surface area contributed by atoms with Gasteiger partial charge in [0.1, 0.15) is 11.4 Å². The summed E-state index contributed by atoms with van der Waals surface area (Å²) in [4.78, 5) is 33.8. The lowest BCUT2D eigenvalue weighted by atomic mass is 9.98. The lowest BCUT2D eigenvalue weighted by Gasteiger charge is -2.12. The molecular formula is C41H25N7. The third kappa shape index (κ3) is 4.91. The molecule has 0 unspecified atom stereocenters. The largest absolute Gasteiger partial charge is 0.255 e. The molecule has 224 valence electrons. The predicted molar refractivity (Wildman–Crippen MR) is 191 cm³/mol. The fraction of sp³-hybridized carbons (Fsp3) is 0. The van der Waals surface area contributed by atoms with Gasteiger partial charge in [0, 0.05) is 45.9 Å². The number of fused-ring (bicyclic) bond motifs is 4. The van der Waals surface area contributed by atoms with Gasteiger partial charge in [-0.2, -0.15) is 0 Å². The molecule has 0 saturated carbocycles. The van der Waals surface area contributed by atoms with Gasteiger partial charge < -0.3 is 0 Å². The molecule has 0 radical (unpaired) electrons. The van der Waals surface area contributed by atoms with E-state index in [4.69, 9.17) is 19.9 Å². The first-order valence-corrected chi connectivity index (χ1v) is 15.6. The number of pyridine rings is 5. The monoisotopic (exact) mass is 615 g/mol. The van der Waals surface area contributed by atoms with Gasteiger partial charge in [0.15, 0.2) is 5.82 Å². The lowest BCUT2D eigenvalue weighted by molar-refractivity contribution is 1.16. The van der Waals surface area contributed by atoms with Gasteiger partial charge in [-0.3, -0.25) is 15.0 Å². The van der Waals surface area contributed by atoms with Gasteiger partial charge >= 0.3 is 0 Å². The molecule has 0 bridgehead atoms. The van der Waals surface area contributed by atoms with Crippen LogP contribution in [-0.4, -0.2) is 34.9 Å². The van der Waals surface area contributed by atoms with Crippen LogP contribution in [0.25, 0.3) is 89.4 Å². The second-order valence-corrected chi connectivity index (χ2v) is 11.4. The van der Waals surface area contributed by atoms with Crippen molar-refractivity contribution in [2.75, 3.05) is 0 Å². The molecule has 0 saturated heterocycles. The maximum atomic E-state index is 5.13. The summed E-state index contributed by atoms with van der Waals surface area (Å²) < 4.78 is 0. The Morgan fingerprint density at radius 3 is 1.58 bits per heavy atom. The molecule has 0 spiro atoms. The average Bonchev–Trinajstić information content (AvgIpc) is 3.18. The Morgan fingerprint density at radius 2 is 0.917 bits per heavy atom.